The number of rotatable bonds is 8. The van der Waals surface area contributed by atoms with E-state index in [-0.39, 0.29) is 42.2 Å². The van der Waals surface area contributed by atoms with E-state index in [2.05, 4.69) is 10.6 Å². The third kappa shape index (κ3) is 5.44. The molecule has 9 nitrogen and oxygen atoms in total. The molecule has 1 aromatic carbocycles. The van der Waals surface area contributed by atoms with E-state index in [1.807, 2.05) is 0 Å². The van der Waals surface area contributed by atoms with Crippen LogP contribution in [-0.2, 0) is 14.4 Å². The first kappa shape index (κ1) is 25.4. The van der Waals surface area contributed by atoms with Crippen LogP contribution in [0.2, 0.25) is 0 Å². The molecule has 1 unspecified atom stereocenters. The molecule has 0 spiro atoms. The summed E-state index contributed by atoms with van der Waals surface area (Å²) in [6.45, 7) is 2.78. The summed E-state index contributed by atoms with van der Waals surface area (Å²) >= 11 is 0. The standard InChI is InChI=1S/C24H32FN5O4/c1-13(2)16(25)11-29-24(34)19-10-15-18(8-5-9-20(15)31)30(19)21(32)12-28-17-7-4-3-6-14(17)22(26)23(27)33/h3-4,6-7,15,18-20,26,28,31H,5,8-12H2,1-2H3,(H2,27,33)(H,29,34)/t15-,18+,19-,20?/m0/s1. The molecule has 1 saturated heterocycles. The van der Waals surface area contributed by atoms with E-state index in [1.165, 1.54) is 4.90 Å². The van der Waals surface area contributed by atoms with E-state index in [0.29, 0.717) is 30.5 Å². The number of amides is 3. The van der Waals surface area contributed by atoms with Crippen molar-refractivity contribution in [3.8, 4) is 0 Å². The molecule has 6 N–H and O–H groups in total. The van der Waals surface area contributed by atoms with Crippen LogP contribution in [0.1, 0.15) is 45.1 Å². The van der Waals surface area contributed by atoms with Gasteiger partial charge in [-0.15, -0.1) is 0 Å². The van der Waals surface area contributed by atoms with Crippen LogP contribution in [0.3, 0.4) is 0 Å². The molecule has 2 fully saturated rings. The van der Waals surface area contributed by atoms with Crippen LogP contribution in [-0.4, -0.2) is 64.7 Å². The minimum atomic E-state index is -0.889. The number of likely N-dealkylation sites (tertiary alicyclic amines) is 1. The molecular weight excluding hydrogens is 441 g/mol. The Morgan fingerprint density at radius 3 is 2.59 bits per heavy atom. The van der Waals surface area contributed by atoms with E-state index in [1.54, 1.807) is 38.1 Å². The number of aliphatic hydroxyl groups is 1. The van der Waals surface area contributed by atoms with Gasteiger partial charge in [-0.3, -0.25) is 19.8 Å². The van der Waals surface area contributed by atoms with Crippen molar-refractivity contribution in [2.45, 2.75) is 57.7 Å². The summed E-state index contributed by atoms with van der Waals surface area (Å²) in [5.74, 6) is -2.36. The Morgan fingerprint density at radius 1 is 1.21 bits per heavy atom. The number of para-hydroxylation sites is 1. The fourth-order valence-corrected chi connectivity index (χ4v) is 4.78. The van der Waals surface area contributed by atoms with E-state index in [4.69, 9.17) is 11.1 Å². The second kappa shape index (κ2) is 10.8. The second-order valence-electron chi connectivity index (χ2n) is 9.04. The molecule has 0 aromatic heterocycles. The molecule has 1 heterocycles. The van der Waals surface area contributed by atoms with Crippen LogP contribution in [0.25, 0.3) is 0 Å². The zero-order valence-electron chi connectivity index (χ0n) is 19.4. The Morgan fingerprint density at radius 2 is 1.91 bits per heavy atom. The smallest absolute Gasteiger partial charge is 0.267 e. The van der Waals surface area contributed by atoms with Crippen molar-refractivity contribution in [2.24, 2.45) is 11.7 Å². The molecule has 4 atom stereocenters. The highest BCUT2D eigenvalue weighted by molar-refractivity contribution is 6.44. The largest absolute Gasteiger partial charge is 0.393 e. The highest BCUT2D eigenvalue weighted by Crippen LogP contribution is 2.40. The van der Waals surface area contributed by atoms with Gasteiger partial charge in [0.2, 0.25) is 11.8 Å². The Bertz CT molecular complexity index is 1010. The number of hydrogen-bond acceptors (Lipinski definition) is 6. The first-order valence-electron chi connectivity index (χ1n) is 11.4. The normalized spacial score (nSPS) is 23.6. The number of carbonyl (C=O) groups excluding carboxylic acids is 3. The second-order valence-corrected chi connectivity index (χ2v) is 9.04. The Balaban J connectivity index is 1.78. The van der Waals surface area contributed by atoms with Crippen molar-refractivity contribution in [3.63, 3.8) is 0 Å². The Kier molecular flexibility index (Phi) is 8.03. The van der Waals surface area contributed by atoms with Gasteiger partial charge in [0, 0.05) is 23.2 Å². The highest BCUT2D eigenvalue weighted by atomic mass is 19.1. The number of aliphatic hydroxyl groups excluding tert-OH is 1. The summed E-state index contributed by atoms with van der Waals surface area (Å²) in [6, 6.07) is 5.42. The number of anilines is 1. The maximum atomic E-state index is 13.9. The maximum Gasteiger partial charge on any atom is 0.267 e. The zero-order valence-corrected chi connectivity index (χ0v) is 19.4. The van der Waals surface area contributed by atoms with Crippen LogP contribution in [0.15, 0.2) is 35.7 Å². The van der Waals surface area contributed by atoms with Crippen molar-refractivity contribution < 1.29 is 23.9 Å². The molecule has 2 aliphatic rings. The van der Waals surface area contributed by atoms with Gasteiger partial charge < -0.3 is 26.4 Å². The fraction of sp³-hybridized carbons (Fsp3) is 0.500. The van der Waals surface area contributed by atoms with E-state index < -0.39 is 29.8 Å². The average molecular weight is 474 g/mol. The monoisotopic (exact) mass is 473 g/mol. The number of carbonyl (C=O) groups is 3. The predicted octanol–water partition coefficient (Wildman–Crippen LogP) is 1.46. The molecular formula is C24H32FN5O4. The zero-order chi connectivity index (χ0) is 25.0. The van der Waals surface area contributed by atoms with Crippen molar-refractivity contribution in [1.82, 2.24) is 10.2 Å². The topological polar surface area (TPSA) is 149 Å². The van der Waals surface area contributed by atoms with Crippen molar-refractivity contribution in [1.29, 1.82) is 5.41 Å². The summed E-state index contributed by atoms with van der Waals surface area (Å²) in [7, 11) is 0. The first-order chi connectivity index (χ1) is 16.1. The van der Waals surface area contributed by atoms with Gasteiger partial charge in [-0.2, -0.15) is 0 Å². The van der Waals surface area contributed by atoms with Gasteiger partial charge in [-0.05, 0) is 51.2 Å². The van der Waals surface area contributed by atoms with Gasteiger partial charge in [0.05, 0.1) is 19.2 Å². The van der Waals surface area contributed by atoms with Gasteiger partial charge in [-0.25, -0.2) is 4.39 Å². The minimum Gasteiger partial charge on any atom is -0.393 e. The van der Waals surface area contributed by atoms with Crippen LogP contribution < -0.4 is 16.4 Å². The summed E-state index contributed by atoms with van der Waals surface area (Å²) in [5, 5.41) is 23.9. The van der Waals surface area contributed by atoms with Crippen molar-refractivity contribution in [2.75, 3.05) is 18.4 Å². The van der Waals surface area contributed by atoms with Crippen LogP contribution in [0.4, 0.5) is 10.1 Å². The molecule has 1 saturated carbocycles. The molecule has 0 bridgehead atoms. The van der Waals surface area contributed by atoms with E-state index in [9.17, 15) is 23.9 Å². The van der Waals surface area contributed by atoms with Crippen LogP contribution >= 0.6 is 0 Å². The lowest BCUT2D eigenvalue weighted by Gasteiger charge is -2.35. The van der Waals surface area contributed by atoms with Crippen LogP contribution in [0, 0.1) is 11.3 Å². The summed E-state index contributed by atoms with van der Waals surface area (Å²) in [4.78, 5) is 39.2. The molecule has 184 valence electrons. The molecule has 1 aliphatic carbocycles. The molecule has 3 amide bonds. The Labute approximate surface area is 198 Å². The summed E-state index contributed by atoms with van der Waals surface area (Å²) in [6.07, 6.45) is 1.72. The molecule has 1 aromatic rings. The van der Waals surface area contributed by atoms with Crippen LogP contribution in [0.5, 0.6) is 0 Å². The Hall–Kier alpha value is -3.27. The van der Waals surface area contributed by atoms with Gasteiger partial charge in [0.1, 0.15) is 17.6 Å². The number of nitrogens with one attached hydrogen (secondary N) is 3. The third-order valence-electron chi connectivity index (χ3n) is 6.60. The number of hydrogen-bond donors (Lipinski definition) is 5. The lowest BCUT2D eigenvalue weighted by atomic mass is 9.82. The lowest BCUT2D eigenvalue weighted by molar-refractivity contribution is -0.139. The molecule has 1 aliphatic heterocycles. The average Bonchev–Trinajstić information content (AvgIpc) is 3.21. The number of nitrogens with two attached hydrogens (primary N) is 1. The number of halogens is 1. The van der Waals surface area contributed by atoms with Crippen molar-refractivity contribution in [3.05, 3.63) is 41.2 Å². The minimum absolute atomic E-state index is 0.186. The van der Waals surface area contributed by atoms with E-state index in [0.717, 1.165) is 6.42 Å². The molecule has 3 rings (SSSR count). The van der Waals surface area contributed by atoms with E-state index >= 15 is 0 Å². The summed E-state index contributed by atoms with van der Waals surface area (Å²) < 4.78 is 13.9. The molecule has 0 radical (unpaired) electrons. The maximum absolute atomic E-state index is 13.9. The number of primary amides is 1. The third-order valence-corrected chi connectivity index (χ3v) is 6.60. The number of nitrogens with zero attached hydrogens (tertiary/aromatic N) is 1. The first-order valence-corrected chi connectivity index (χ1v) is 11.4. The van der Waals surface area contributed by atoms with Gasteiger partial charge in [0.15, 0.2) is 0 Å². The van der Waals surface area contributed by atoms with Gasteiger partial charge >= 0.3 is 0 Å². The highest BCUT2D eigenvalue weighted by Gasteiger charge is 2.50. The molecule has 10 heteroatoms. The van der Waals surface area contributed by atoms with Gasteiger partial charge in [0.25, 0.3) is 5.91 Å². The lowest BCUT2D eigenvalue weighted by Crippen LogP contribution is -2.52. The van der Waals surface area contributed by atoms with Crippen molar-refractivity contribution >= 4 is 29.1 Å². The number of benzene rings is 1. The van der Waals surface area contributed by atoms with Gasteiger partial charge in [-0.1, -0.05) is 18.2 Å². The fourth-order valence-electron chi connectivity index (χ4n) is 4.78. The molecule has 34 heavy (non-hydrogen) atoms. The number of fused-ring (bicyclic) bond motifs is 1. The predicted molar refractivity (Wildman–Crippen MR) is 126 cm³/mol. The SMILES string of the molecule is CC(C)=C(F)CNC(=O)[C@@H]1C[C@@H]2C(O)CCC[C@H]2N1C(=O)CNc1ccccc1C(=N)C(N)=O. The number of allylic oxidation sites excluding steroid dienone is 1. The summed E-state index contributed by atoms with van der Waals surface area (Å²) in [5.41, 5.74) is 5.98. The quantitative estimate of drug-likeness (QED) is 0.363.